The average molecular weight is 288 g/mol. The Bertz CT molecular complexity index is 771. The van der Waals surface area contributed by atoms with E-state index in [1.807, 2.05) is 6.07 Å². The fourth-order valence-corrected chi connectivity index (χ4v) is 2.00. The topological polar surface area (TPSA) is 85.2 Å². The normalized spacial score (nSPS) is 10.7. The number of hydrogen-bond donors (Lipinski definition) is 2. The minimum atomic E-state index is -0.0752. The third kappa shape index (κ3) is 2.19. The lowest BCUT2D eigenvalue weighted by Crippen LogP contribution is -1.88. The van der Waals surface area contributed by atoms with Gasteiger partial charge in [-0.3, -0.25) is 0 Å². The van der Waals surface area contributed by atoms with Crippen LogP contribution in [-0.4, -0.2) is 15.2 Å². The van der Waals surface area contributed by atoms with Crippen LogP contribution in [0, 0.1) is 0 Å². The zero-order valence-corrected chi connectivity index (χ0v) is 11.0. The second-order valence-corrected chi connectivity index (χ2v) is 4.61. The van der Waals surface area contributed by atoms with Crippen LogP contribution in [0.5, 0.6) is 5.75 Å². The fraction of sp³-hybridized carbons (Fsp3) is 0. The second kappa shape index (κ2) is 4.86. The third-order valence-electron chi connectivity index (χ3n) is 2.81. The van der Waals surface area contributed by atoms with E-state index in [4.69, 9.17) is 21.9 Å². The largest absolute Gasteiger partial charge is 0.505 e. The van der Waals surface area contributed by atoms with Gasteiger partial charge in [-0.25, -0.2) is 0 Å². The molecule has 6 heteroatoms. The number of nitrogens with zero attached hydrogens (tertiary/aromatic N) is 2. The highest BCUT2D eigenvalue weighted by molar-refractivity contribution is 6.30. The highest BCUT2D eigenvalue weighted by Gasteiger charge is 2.15. The molecule has 0 amide bonds. The van der Waals surface area contributed by atoms with Gasteiger partial charge in [0, 0.05) is 10.6 Å². The van der Waals surface area contributed by atoms with Gasteiger partial charge in [0.25, 0.3) is 5.89 Å². The van der Waals surface area contributed by atoms with E-state index in [0.717, 1.165) is 5.56 Å². The molecule has 0 aliphatic carbocycles. The first-order valence-corrected chi connectivity index (χ1v) is 6.20. The van der Waals surface area contributed by atoms with Gasteiger partial charge in [0.1, 0.15) is 0 Å². The number of hydrogen-bond acceptors (Lipinski definition) is 5. The van der Waals surface area contributed by atoms with Crippen LogP contribution >= 0.6 is 11.6 Å². The van der Waals surface area contributed by atoms with Gasteiger partial charge < -0.3 is 15.4 Å². The van der Waals surface area contributed by atoms with Crippen molar-refractivity contribution in [2.24, 2.45) is 0 Å². The number of phenols is 1. The van der Waals surface area contributed by atoms with Crippen LogP contribution in [0.1, 0.15) is 0 Å². The van der Waals surface area contributed by atoms with Crippen LogP contribution in [0.3, 0.4) is 0 Å². The zero-order valence-electron chi connectivity index (χ0n) is 10.2. The van der Waals surface area contributed by atoms with Gasteiger partial charge in [0.2, 0.25) is 5.82 Å². The molecule has 20 heavy (non-hydrogen) atoms. The summed E-state index contributed by atoms with van der Waals surface area (Å²) in [6.45, 7) is 0. The molecule has 100 valence electrons. The van der Waals surface area contributed by atoms with Crippen molar-refractivity contribution in [1.29, 1.82) is 0 Å². The van der Waals surface area contributed by atoms with Crippen molar-refractivity contribution in [3.8, 4) is 28.6 Å². The summed E-state index contributed by atoms with van der Waals surface area (Å²) >= 11 is 5.92. The molecule has 0 atom stereocenters. The number of phenolic OH excluding ortho intramolecular Hbond substituents is 1. The Morgan fingerprint density at radius 2 is 1.95 bits per heavy atom. The lowest BCUT2D eigenvalue weighted by atomic mass is 10.1. The number of benzene rings is 2. The van der Waals surface area contributed by atoms with E-state index in [1.165, 1.54) is 0 Å². The molecule has 0 saturated carbocycles. The van der Waals surface area contributed by atoms with Crippen molar-refractivity contribution in [2.75, 3.05) is 5.73 Å². The fourth-order valence-electron chi connectivity index (χ4n) is 1.81. The van der Waals surface area contributed by atoms with E-state index >= 15 is 0 Å². The van der Waals surface area contributed by atoms with Crippen molar-refractivity contribution in [3.05, 3.63) is 47.5 Å². The van der Waals surface area contributed by atoms with Gasteiger partial charge in [-0.05, 0) is 24.3 Å². The molecule has 3 rings (SSSR count). The molecule has 3 aromatic rings. The Labute approximate surface area is 119 Å². The number of nitrogens with two attached hydrogens (primary N) is 1. The van der Waals surface area contributed by atoms with Crippen molar-refractivity contribution in [1.82, 2.24) is 10.1 Å². The highest BCUT2D eigenvalue weighted by Crippen LogP contribution is 2.33. The number of aromatic nitrogens is 2. The molecule has 0 aliphatic heterocycles. The van der Waals surface area contributed by atoms with Gasteiger partial charge in [-0.2, -0.15) is 4.98 Å². The summed E-state index contributed by atoms with van der Waals surface area (Å²) in [4.78, 5) is 4.24. The van der Waals surface area contributed by atoms with Crippen molar-refractivity contribution in [3.63, 3.8) is 0 Å². The number of nitrogen functional groups attached to an aromatic ring is 1. The quantitative estimate of drug-likeness (QED) is 0.558. The maximum absolute atomic E-state index is 9.90. The summed E-state index contributed by atoms with van der Waals surface area (Å²) in [6, 6.07) is 12.1. The number of rotatable bonds is 2. The Hall–Kier alpha value is -2.53. The zero-order chi connectivity index (χ0) is 14.1. The molecule has 1 aromatic heterocycles. The van der Waals surface area contributed by atoms with Gasteiger partial charge in [-0.1, -0.05) is 35.0 Å². The predicted molar refractivity (Wildman–Crippen MR) is 76.3 cm³/mol. The summed E-state index contributed by atoms with van der Waals surface area (Å²) in [6.07, 6.45) is 0. The Kier molecular flexibility index (Phi) is 3.04. The first-order valence-electron chi connectivity index (χ1n) is 5.82. The standard InChI is InChI=1S/C14H10ClN3O2/c15-9-4-1-3-8(7-9)13-17-14(20-18-13)10-5-2-6-11(16)12(10)19/h1-7,19H,16H2. The molecule has 0 saturated heterocycles. The van der Waals surface area contributed by atoms with E-state index in [-0.39, 0.29) is 17.3 Å². The molecule has 0 unspecified atom stereocenters. The Morgan fingerprint density at radius 3 is 2.75 bits per heavy atom. The smallest absolute Gasteiger partial charge is 0.262 e. The minimum absolute atomic E-state index is 0.0752. The lowest BCUT2D eigenvalue weighted by Gasteiger charge is -2.01. The SMILES string of the molecule is Nc1cccc(-c2nc(-c3cccc(Cl)c3)no2)c1O. The second-order valence-electron chi connectivity index (χ2n) is 4.18. The predicted octanol–water partition coefficient (Wildman–Crippen LogP) is 3.34. The number of aromatic hydroxyl groups is 1. The van der Waals surface area contributed by atoms with Crippen LogP contribution < -0.4 is 5.73 Å². The molecular formula is C14H10ClN3O2. The molecule has 0 aliphatic rings. The number of para-hydroxylation sites is 1. The molecule has 1 heterocycles. The van der Waals surface area contributed by atoms with Gasteiger partial charge in [-0.15, -0.1) is 0 Å². The molecule has 0 bridgehead atoms. The summed E-state index contributed by atoms with van der Waals surface area (Å²) < 4.78 is 5.16. The summed E-state index contributed by atoms with van der Waals surface area (Å²) in [5.74, 6) is 0.517. The number of halogens is 1. The molecular weight excluding hydrogens is 278 g/mol. The van der Waals surface area contributed by atoms with Crippen molar-refractivity contribution >= 4 is 17.3 Å². The monoisotopic (exact) mass is 287 g/mol. The molecule has 0 fully saturated rings. The summed E-state index contributed by atoms with van der Waals surface area (Å²) in [7, 11) is 0. The van der Waals surface area contributed by atoms with Gasteiger partial charge in [0.05, 0.1) is 11.3 Å². The van der Waals surface area contributed by atoms with Crippen LogP contribution in [0.25, 0.3) is 22.8 Å². The van der Waals surface area contributed by atoms with E-state index in [2.05, 4.69) is 10.1 Å². The first-order chi connectivity index (χ1) is 9.65. The third-order valence-corrected chi connectivity index (χ3v) is 3.04. The van der Waals surface area contributed by atoms with Crippen molar-refractivity contribution < 1.29 is 9.63 Å². The molecule has 0 radical (unpaired) electrons. The minimum Gasteiger partial charge on any atom is -0.505 e. The summed E-state index contributed by atoms with van der Waals surface area (Å²) in [5, 5.41) is 14.4. The molecule has 3 N–H and O–H groups in total. The molecule has 0 spiro atoms. The maximum Gasteiger partial charge on any atom is 0.262 e. The average Bonchev–Trinajstić information content (AvgIpc) is 2.91. The highest BCUT2D eigenvalue weighted by atomic mass is 35.5. The summed E-state index contributed by atoms with van der Waals surface area (Å²) in [5.41, 5.74) is 7.02. The maximum atomic E-state index is 9.90. The Balaban J connectivity index is 2.04. The van der Waals surface area contributed by atoms with Gasteiger partial charge >= 0.3 is 0 Å². The van der Waals surface area contributed by atoms with Crippen molar-refractivity contribution in [2.45, 2.75) is 0 Å². The Morgan fingerprint density at radius 1 is 1.15 bits per heavy atom. The number of anilines is 1. The van der Waals surface area contributed by atoms with Crippen LogP contribution in [0.15, 0.2) is 47.0 Å². The lowest BCUT2D eigenvalue weighted by molar-refractivity contribution is 0.426. The van der Waals surface area contributed by atoms with E-state index in [1.54, 1.807) is 36.4 Å². The van der Waals surface area contributed by atoms with Crippen LogP contribution in [0.4, 0.5) is 5.69 Å². The van der Waals surface area contributed by atoms with Gasteiger partial charge in [0.15, 0.2) is 5.75 Å². The van der Waals surface area contributed by atoms with Crippen LogP contribution in [0.2, 0.25) is 5.02 Å². The first kappa shape index (κ1) is 12.5. The van der Waals surface area contributed by atoms with E-state index < -0.39 is 0 Å². The molecule has 5 nitrogen and oxygen atoms in total. The van der Waals surface area contributed by atoms with Crippen LogP contribution in [-0.2, 0) is 0 Å². The molecule has 2 aromatic carbocycles. The van der Waals surface area contributed by atoms with E-state index in [0.29, 0.717) is 16.4 Å². The van der Waals surface area contributed by atoms with E-state index in [9.17, 15) is 5.11 Å².